The Balaban J connectivity index is 1.56. The number of halogens is 2. The summed E-state index contributed by atoms with van der Waals surface area (Å²) in [7, 11) is 0. The molecule has 0 saturated carbocycles. The summed E-state index contributed by atoms with van der Waals surface area (Å²) in [6.07, 6.45) is 3.57. The maximum absolute atomic E-state index is 6.11. The summed E-state index contributed by atoms with van der Waals surface area (Å²) in [5.41, 5.74) is 4.16. The van der Waals surface area contributed by atoms with Gasteiger partial charge in [0.15, 0.2) is 0 Å². The van der Waals surface area contributed by atoms with Crippen molar-refractivity contribution in [2.45, 2.75) is 38.6 Å². The van der Waals surface area contributed by atoms with E-state index in [1.54, 1.807) is 0 Å². The van der Waals surface area contributed by atoms with Crippen molar-refractivity contribution in [3.05, 3.63) is 69.2 Å². The summed E-state index contributed by atoms with van der Waals surface area (Å²) in [6, 6.07) is 15.1. The highest BCUT2D eigenvalue weighted by atomic mass is 35.5. The van der Waals surface area contributed by atoms with Crippen molar-refractivity contribution in [2.75, 3.05) is 13.1 Å². The van der Waals surface area contributed by atoms with E-state index in [9.17, 15) is 0 Å². The van der Waals surface area contributed by atoms with E-state index in [2.05, 4.69) is 42.2 Å². The van der Waals surface area contributed by atoms with Crippen LogP contribution < -0.4 is 0 Å². The largest absolute Gasteiger partial charge is 0.299 e. The number of hydrogen-bond acceptors (Lipinski definition) is 1. The molecule has 0 radical (unpaired) electrons. The second-order valence-corrected chi connectivity index (χ2v) is 7.21. The van der Waals surface area contributed by atoms with E-state index in [1.807, 2.05) is 12.1 Å². The van der Waals surface area contributed by atoms with Gasteiger partial charge < -0.3 is 0 Å². The van der Waals surface area contributed by atoms with Crippen LogP contribution in [0.2, 0.25) is 10.0 Å². The zero-order valence-electron chi connectivity index (χ0n) is 13.6. The number of likely N-dealkylation sites (tertiary alicyclic amines) is 1. The van der Waals surface area contributed by atoms with Gasteiger partial charge in [0.2, 0.25) is 0 Å². The summed E-state index contributed by atoms with van der Waals surface area (Å²) in [5.74, 6) is 0.700. The van der Waals surface area contributed by atoms with E-state index in [0.717, 1.165) is 26.1 Å². The van der Waals surface area contributed by atoms with Gasteiger partial charge in [0.25, 0.3) is 0 Å². The van der Waals surface area contributed by atoms with Crippen molar-refractivity contribution in [1.82, 2.24) is 4.90 Å². The van der Waals surface area contributed by atoms with E-state index in [-0.39, 0.29) is 0 Å². The Bertz CT molecular complexity index is 643. The summed E-state index contributed by atoms with van der Waals surface area (Å²) in [5, 5.41) is 1.28. The zero-order chi connectivity index (χ0) is 16.2. The fourth-order valence-corrected chi connectivity index (χ4v) is 3.67. The van der Waals surface area contributed by atoms with E-state index >= 15 is 0 Å². The van der Waals surface area contributed by atoms with Crippen molar-refractivity contribution in [2.24, 2.45) is 0 Å². The maximum atomic E-state index is 6.11. The van der Waals surface area contributed by atoms with Crippen LogP contribution in [0.25, 0.3) is 0 Å². The summed E-state index contributed by atoms with van der Waals surface area (Å²) < 4.78 is 0. The molecule has 0 aliphatic carbocycles. The molecule has 0 amide bonds. The average molecular weight is 348 g/mol. The van der Waals surface area contributed by atoms with Crippen molar-refractivity contribution in [3.8, 4) is 0 Å². The molecule has 0 bridgehead atoms. The van der Waals surface area contributed by atoms with Gasteiger partial charge in [0.1, 0.15) is 0 Å². The van der Waals surface area contributed by atoms with Crippen LogP contribution in [0.4, 0.5) is 0 Å². The Hall–Kier alpha value is -1.02. The predicted molar refractivity (Wildman–Crippen MR) is 99.5 cm³/mol. The average Bonchev–Trinajstić information content (AvgIpc) is 2.59. The number of hydrogen-bond donors (Lipinski definition) is 0. The third kappa shape index (κ3) is 4.29. The number of rotatable bonds is 4. The van der Waals surface area contributed by atoms with Gasteiger partial charge in [-0.15, -0.1) is 0 Å². The van der Waals surface area contributed by atoms with Crippen LogP contribution in [0.1, 0.15) is 42.4 Å². The third-order valence-corrected chi connectivity index (χ3v) is 5.58. The van der Waals surface area contributed by atoms with Crippen LogP contribution >= 0.6 is 23.2 Å². The molecule has 2 aromatic carbocycles. The molecular weight excluding hydrogens is 325 g/mol. The van der Waals surface area contributed by atoms with Crippen LogP contribution in [0.5, 0.6) is 0 Å². The minimum atomic E-state index is 0.629. The maximum Gasteiger partial charge on any atom is 0.0595 e. The van der Waals surface area contributed by atoms with Crippen LogP contribution in [-0.2, 0) is 13.0 Å². The normalized spacial score (nSPS) is 16.7. The monoisotopic (exact) mass is 347 g/mol. The smallest absolute Gasteiger partial charge is 0.0595 e. The van der Waals surface area contributed by atoms with E-state index < -0.39 is 0 Å². The van der Waals surface area contributed by atoms with E-state index in [1.165, 1.54) is 29.5 Å². The molecule has 3 rings (SSSR count). The first-order valence-electron chi connectivity index (χ1n) is 8.41. The Morgan fingerprint density at radius 3 is 2.17 bits per heavy atom. The van der Waals surface area contributed by atoms with Gasteiger partial charge in [0, 0.05) is 6.54 Å². The molecule has 1 aliphatic rings. The molecular formula is C20H23Cl2N. The van der Waals surface area contributed by atoms with Crippen LogP contribution in [-0.4, -0.2) is 18.0 Å². The first-order valence-corrected chi connectivity index (χ1v) is 9.16. The molecule has 0 unspecified atom stereocenters. The van der Waals surface area contributed by atoms with Crippen LogP contribution in [0.15, 0.2) is 42.5 Å². The molecule has 1 nitrogen and oxygen atoms in total. The van der Waals surface area contributed by atoms with Crippen molar-refractivity contribution < 1.29 is 0 Å². The van der Waals surface area contributed by atoms with Gasteiger partial charge in [-0.1, -0.05) is 60.5 Å². The summed E-state index contributed by atoms with van der Waals surface area (Å²) in [4.78, 5) is 2.51. The van der Waals surface area contributed by atoms with E-state index in [4.69, 9.17) is 23.2 Å². The molecule has 1 saturated heterocycles. The lowest BCUT2D eigenvalue weighted by molar-refractivity contribution is 0.204. The van der Waals surface area contributed by atoms with Crippen molar-refractivity contribution >= 4 is 23.2 Å². The lowest BCUT2D eigenvalue weighted by atomic mass is 9.88. The van der Waals surface area contributed by atoms with Gasteiger partial charge in [-0.25, -0.2) is 0 Å². The Labute approximate surface area is 149 Å². The highest BCUT2D eigenvalue weighted by Gasteiger charge is 2.20. The van der Waals surface area contributed by atoms with Gasteiger partial charge in [0.05, 0.1) is 10.0 Å². The highest BCUT2D eigenvalue weighted by Crippen LogP contribution is 2.29. The molecule has 0 aromatic heterocycles. The van der Waals surface area contributed by atoms with Gasteiger partial charge in [-0.05, 0) is 67.1 Å². The Morgan fingerprint density at radius 1 is 0.913 bits per heavy atom. The van der Waals surface area contributed by atoms with Crippen molar-refractivity contribution in [1.29, 1.82) is 0 Å². The lowest BCUT2D eigenvalue weighted by Gasteiger charge is -2.32. The SMILES string of the molecule is CCc1ccc(C2CCN(Cc3ccc(Cl)c(Cl)c3)CC2)cc1. The van der Waals surface area contributed by atoms with Gasteiger partial charge in [-0.2, -0.15) is 0 Å². The fraction of sp³-hybridized carbons (Fsp3) is 0.400. The standard InChI is InChI=1S/C20H23Cl2N/c1-2-15-3-6-17(7-4-15)18-9-11-23(12-10-18)14-16-5-8-19(21)20(22)13-16/h3-8,13,18H,2,9-12,14H2,1H3. The van der Waals surface area contributed by atoms with Crippen LogP contribution in [0.3, 0.4) is 0 Å². The Morgan fingerprint density at radius 2 is 1.57 bits per heavy atom. The minimum absolute atomic E-state index is 0.629. The quantitative estimate of drug-likeness (QED) is 0.661. The molecule has 0 atom stereocenters. The fourth-order valence-electron chi connectivity index (χ4n) is 3.35. The number of aryl methyl sites for hydroxylation is 1. The van der Waals surface area contributed by atoms with Crippen molar-refractivity contribution in [3.63, 3.8) is 0 Å². The molecule has 3 heteroatoms. The topological polar surface area (TPSA) is 3.24 Å². The van der Waals surface area contributed by atoms with Gasteiger partial charge in [-0.3, -0.25) is 4.90 Å². The molecule has 122 valence electrons. The molecule has 0 spiro atoms. The molecule has 0 N–H and O–H groups in total. The first-order chi connectivity index (χ1) is 11.2. The Kier molecular flexibility index (Phi) is 5.63. The summed E-state index contributed by atoms with van der Waals surface area (Å²) >= 11 is 12.1. The van der Waals surface area contributed by atoms with Crippen LogP contribution in [0, 0.1) is 0 Å². The zero-order valence-corrected chi connectivity index (χ0v) is 15.1. The lowest BCUT2D eigenvalue weighted by Crippen LogP contribution is -2.32. The number of nitrogens with zero attached hydrogens (tertiary/aromatic N) is 1. The molecule has 1 fully saturated rings. The second-order valence-electron chi connectivity index (χ2n) is 6.39. The minimum Gasteiger partial charge on any atom is -0.299 e. The summed E-state index contributed by atoms with van der Waals surface area (Å²) in [6.45, 7) is 5.44. The highest BCUT2D eigenvalue weighted by molar-refractivity contribution is 6.42. The molecule has 23 heavy (non-hydrogen) atoms. The van der Waals surface area contributed by atoms with Gasteiger partial charge >= 0.3 is 0 Å². The van der Waals surface area contributed by atoms with E-state index in [0.29, 0.717) is 16.0 Å². The predicted octanol–water partition coefficient (Wildman–Crippen LogP) is 5.94. The third-order valence-electron chi connectivity index (χ3n) is 4.84. The molecule has 1 heterocycles. The first kappa shape index (κ1) is 16.8. The number of benzene rings is 2. The molecule has 2 aromatic rings. The second kappa shape index (κ2) is 7.70. The number of piperidine rings is 1. The molecule has 1 aliphatic heterocycles.